The molecule has 9 heteroatoms. The topological polar surface area (TPSA) is 84.4 Å². The molecule has 1 aliphatic rings. The van der Waals surface area contributed by atoms with Crippen LogP contribution in [-0.2, 0) is 17.8 Å². The fraction of sp³-hybridized carbons (Fsp3) is 0.200. The predicted molar refractivity (Wildman–Crippen MR) is 110 cm³/mol. The molecule has 0 radical (unpaired) electrons. The van der Waals surface area contributed by atoms with Gasteiger partial charge in [0.2, 0.25) is 0 Å². The van der Waals surface area contributed by atoms with Crippen molar-refractivity contribution < 1.29 is 14.3 Å². The standard InChI is InChI=1S/C20H17ClN4O3S/c21-13-4-6-14(7-5-13)28-12-18(26)25-10-8-15-17(11-25)29-20(23-15)24-19(27)16-3-1-2-9-22-16/h1-7,9H,8,10-12H2,(H,23,24,27). The van der Waals surface area contributed by atoms with Crippen LogP contribution in [0.1, 0.15) is 21.1 Å². The lowest BCUT2D eigenvalue weighted by Crippen LogP contribution is -2.38. The number of anilines is 1. The van der Waals surface area contributed by atoms with Gasteiger partial charge >= 0.3 is 0 Å². The second-order valence-electron chi connectivity index (χ2n) is 6.37. The predicted octanol–water partition coefficient (Wildman–Crippen LogP) is 3.41. The van der Waals surface area contributed by atoms with Crippen LogP contribution in [0.15, 0.2) is 48.7 Å². The summed E-state index contributed by atoms with van der Waals surface area (Å²) in [6, 6.07) is 12.0. The van der Waals surface area contributed by atoms with Crippen LogP contribution >= 0.6 is 22.9 Å². The molecule has 29 heavy (non-hydrogen) atoms. The molecule has 0 unspecified atom stereocenters. The van der Waals surface area contributed by atoms with Crippen LogP contribution in [-0.4, -0.2) is 39.8 Å². The summed E-state index contributed by atoms with van der Waals surface area (Å²) in [6.07, 6.45) is 2.20. The molecule has 0 saturated carbocycles. The summed E-state index contributed by atoms with van der Waals surface area (Å²) >= 11 is 7.22. The molecule has 4 rings (SSSR count). The number of aromatic nitrogens is 2. The third kappa shape index (κ3) is 4.72. The Balaban J connectivity index is 1.35. The number of thiazole rings is 1. The first kappa shape index (κ1) is 19.4. The van der Waals surface area contributed by atoms with E-state index < -0.39 is 0 Å². The number of nitrogens with zero attached hydrogens (tertiary/aromatic N) is 3. The SMILES string of the molecule is O=C(Nc1nc2c(s1)CN(C(=O)COc1ccc(Cl)cc1)CC2)c1ccccn1. The van der Waals surface area contributed by atoms with Crippen LogP contribution in [0.2, 0.25) is 5.02 Å². The molecule has 0 spiro atoms. The molecule has 1 N–H and O–H groups in total. The van der Waals surface area contributed by atoms with Gasteiger partial charge in [-0.1, -0.05) is 29.0 Å². The van der Waals surface area contributed by atoms with E-state index in [1.54, 1.807) is 53.6 Å². The van der Waals surface area contributed by atoms with Gasteiger partial charge in [-0.2, -0.15) is 0 Å². The van der Waals surface area contributed by atoms with E-state index in [9.17, 15) is 9.59 Å². The van der Waals surface area contributed by atoms with Gasteiger partial charge in [-0.05, 0) is 36.4 Å². The van der Waals surface area contributed by atoms with Crippen molar-refractivity contribution in [2.24, 2.45) is 0 Å². The lowest BCUT2D eigenvalue weighted by Gasteiger charge is -2.26. The van der Waals surface area contributed by atoms with Gasteiger partial charge in [-0.15, -0.1) is 0 Å². The highest BCUT2D eigenvalue weighted by atomic mass is 35.5. The number of ether oxygens (including phenoxy) is 1. The molecule has 1 aliphatic heterocycles. The Morgan fingerprint density at radius 3 is 2.79 bits per heavy atom. The average molecular weight is 429 g/mol. The monoisotopic (exact) mass is 428 g/mol. The van der Waals surface area contributed by atoms with E-state index in [0.717, 1.165) is 10.6 Å². The number of carbonyl (C=O) groups is 2. The first-order valence-electron chi connectivity index (χ1n) is 8.95. The quantitative estimate of drug-likeness (QED) is 0.673. The fourth-order valence-corrected chi connectivity index (χ4v) is 4.03. The summed E-state index contributed by atoms with van der Waals surface area (Å²) in [5.41, 5.74) is 1.24. The van der Waals surface area contributed by atoms with Crippen molar-refractivity contribution in [3.8, 4) is 5.75 Å². The molecular formula is C20H17ClN4O3S. The first-order valence-corrected chi connectivity index (χ1v) is 10.1. The van der Waals surface area contributed by atoms with Gasteiger partial charge in [0.15, 0.2) is 11.7 Å². The van der Waals surface area contributed by atoms with E-state index in [1.807, 2.05) is 0 Å². The van der Waals surface area contributed by atoms with Crippen molar-refractivity contribution in [1.82, 2.24) is 14.9 Å². The van der Waals surface area contributed by atoms with E-state index in [-0.39, 0.29) is 18.4 Å². The maximum Gasteiger partial charge on any atom is 0.276 e. The third-order valence-electron chi connectivity index (χ3n) is 4.38. The van der Waals surface area contributed by atoms with Crippen LogP contribution in [0, 0.1) is 0 Å². The third-order valence-corrected chi connectivity index (χ3v) is 5.63. The van der Waals surface area contributed by atoms with Crippen molar-refractivity contribution in [2.75, 3.05) is 18.5 Å². The number of carbonyl (C=O) groups excluding carboxylic acids is 2. The zero-order valence-electron chi connectivity index (χ0n) is 15.3. The number of nitrogens with one attached hydrogen (secondary N) is 1. The molecule has 1 aromatic carbocycles. The van der Waals surface area contributed by atoms with E-state index >= 15 is 0 Å². The number of fused-ring (bicyclic) bond motifs is 1. The minimum absolute atomic E-state index is 0.0426. The molecule has 0 atom stereocenters. The molecular weight excluding hydrogens is 412 g/mol. The van der Waals surface area contributed by atoms with Crippen LogP contribution in [0.5, 0.6) is 5.75 Å². The Morgan fingerprint density at radius 2 is 2.03 bits per heavy atom. The molecule has 2 aromatic heterocycles. The van der Waals surface area contributed by atoms with Crippen LogP contribution in [0.25, 0.3) is 0 Å². The average Bonchev–Trinajstić information content (AvgIpc) is 3.15. The lowest BCUT2D eigenvalue weighted by atomic mass is 10.2. The Hall–Kier alpha value is -2.97. The summed E-state index contributed by atoms with van der Waals surface area (Å²) < 4.78 is 5.54. The molecule has 3 heterocycles. The van der Waals surface area contributed by atoms with Gasteiger partial charge in [0.1, 0.15) is 11.4 Å². The van der Waals surface area contributed by atoms with Gasteiger partial charge in [0.05, 0.1) is 12.2 Å². The Bertz CT molecular complexity index is 1020. The van der Waals surface area contributed by atoms with E-state index in [4.69, 9.17) is 16.3 Å². The fourth-order valence-electron chi connectivity index (χ4n) is 2.89. The molecule has 3 aromatic rings. The number of hydrogen-bond donors (Lipinski definition) is 1. The molecule has 0 aliphatic carbocycles. The summed E-state index contributed by atoms with van der Waals surface area (Å²) in [5.74, 6) is 0.192. The highest BCUT2D eigenvalue weighted by Crippen LogP contribution is 2.28. The first-order chi connectivity index (χ1) is 14.1. The van der Waals surface area contributed by atoms with Crippen molar-refractivity contribution in [1.29, 1.82) is 0 Å². The second-order valence-corrected chi connectivity index (χ2v) is 7.89. The maximum atomic E-state index is 12.5. The molecule has 7 nitrogen and oxygen atoms in total. The van der Waals surface area contributed by atoms with Gasteiger partial charge in [-0.25, -0.2) is 4.98 Å². The summed E-state index contributed by atoms with van der Waals surface area (Å²) in [7, 11) is 0. The van der Waals surface area contributed by atoms with E-state index in [1.165, 1.54) is 11.3 Å². The summed E-state index contributed by atoms with van der Waals surface area (Å²) in [6.45, 7) is 0.974. The zero-order valence-corrected chi connectivity index (χ0v) is 16.9. The molecule has 0 saturated heterocycles. The van der Waals surface area contributed by atoms with Gasteiger partial charge in [-0.3, -0.25) is 19.9 Å². The zero-order chi connectivity index (χ0) is 20.2. The second kappa shape index (κ2) is 8.59. The minimum Gasteiger partial charge on any atom is -0.484 e. The smallest absolute Gasteiger partial charge is 0.276 e. The van der Waals surface area contributed by atoms with Crippen LogP contribution in [0.3, 0.4) is 0 Å². The largest absolute Gasteiger partial charge is 0.484 e. The maximum absolute atomic E-state index is 12.5. The van der Waals surface area contributed by atoms with E-state index in [2.05, 4.69) is 15.3 Å². The molecule has 148 valence electrons. The number of rotatable bonds is 5. The Morgan fingerprint density at radius 1 is 1.21 bits per heavy atom. The normalized spacial score (nSPS) is 12.9. The summed E-state index contributed by atoms with van der Waals surface area (Å²) in [4.78, 5) is 36.0. The summed E-state index contributed by atoms with van der Waals surface area (Å²) in [5, 5.41) is 3.90. The van der Waals surface area contributed by atoms with Crippen molar-refractivity contribution >= 4 is 39.9 Å². The van der Waals surface area contributed by atoms with Crippen molar-refractivity contribution in [3.63, 3.8) is 0 Å². The Labute approximate surface area is 176 Å². The van der Waals surface area contributed by atoms with Crippen LogP contribution < -0.4 is 10.1 Å². The van der Waals surface area contributed by atoms with Crippen molar-refractivity contribution in [2.45, 2.75) is 13.0 Å². The highest BCUT2D eigenvalue weighted by Gasteiger charge is 2.25. The number of benzene rings is 1. The van der Waals surface area contributed by atoms with Crippen LogP contribution in [0.4, 0.5) is 5.13 Å². The molecule has 2 amide bonds. The number of pyridine rings is 1. The highest BCUT2D eigenvalue weighted by molar-refractivity contribution is 7.15. The number of halogens is 1. The number of amides is 2. The van der Waals surface area contributed by atoms with Gasteiger partial charge in [0.25, 0.3) is 11.8 Å². The van der Waals surface area contributed by atoms with Gasteiger partial charge in [0, 0.05) is 29.1 Å². The molecule has 0 fully saturated rings. The Kier molecular flexibility index (Phi) is 5.73. The minimum atomic E-state index is -0.305. The number of hydrogen-bond acceptors (Lipinski definition) is 6. The van der Waals surface area contributed by atoms with E-state index in [0.29, 0.717) is 41.1 Å². The van der Waals surface area contributed by atoms with Crippen molar-refractivity contribution in [3.05, 3.63) is 69.9 Å². The molecule has 0 bridgehead atoms. The lowest BCUT2D eigenvalue weighted by molar-refractivity contribution is -0.134. The van der Waals surface area contributed by atoms with Gasteiger partial charge < -0.3 is 9.64 Å².